The van der Waals surface area contributed by atoms with E-state index < -0.39 is 0 Å². The number of nitrogens with two attached hydrogens (primary N) is 1. The summed E-state index contributed by atoms with van der Waals surface area (Å²) in [6.45, 7) is 3.09. The molecule has 0 aromatic carbocycles. The third-order valence-corrected chi connectivity index (χ3v) is 1.85. The van der Waals surface area contributed by atoms with Crippen molar-refractivity contribution in [2.45, 2.75) is 25.4 Å². The summed E-state index contributed by atoms with van der Waals surface area (Å²) >= 11 is 0. The number of hydrogen-bond donors (Lipinski definition) is 3. The largest absolute Gasteiger partial charge is 0.355 e. The first-order chi connectivity index (χ1) is 5.18. The maximum absolute atomic E-state index is 10.5. The van der Waals surface area contributed by atoms with Crippen LogP contribution in [0.1, 0.15) is 13.3 Å². The molecule has 1 aliphatic rings. The van der Waals surface area contributed by atoms with Crippen LogP contribution in [0.5, 0.6) is 0 Å². The lowest BCUT2D eigenvalue weighted by molar-refractivity contribution is -0.119. The Kier molecular flexibility index (Phi) is 2.84. The van der Waals surface area contributed by atoms with E-state index in [0.717, 1.165) is 13.0 Å². The molecule has 0 saturated carbocycles. The van der Waals surface area contributed by atoms with Gasteiger partial charge in [0.25, 0.3) is 0 Å². The van der Waals surface area contributed by atoms with Crippen LogP contribution >= 0.6 is 0 Å². The van der Waals surface area contributed by atoms with Gasteiger partial charge in [0, 0.05) is 32.1 Å². The fourth-order valence-corrected chi connectivity index (χ4v) is 1.27. The lowest BCUT2D eigenvalue weighted by Crippen LogP contribution is -2.35. The van der Waals surface area contributed by atoms with E-state index in [1.807, 2.05) is 0 Å². The van der Waals surface area contributed by atoms with Crippen molar-refractivity contribution in [3.8, 4) is 0 Å². The van der Waals surface area contributed by atoms with Crippen molar-refractivity contribution in [2.24, 2.45) is 5.73 Å². The summed E-state index contributed by atoms with van der Waals surface area (Å²) in [7, 11) is 0. The molecule has 0 bridgehead atoms. The fourth-order valence-electron chi connectivity index (χ4n) is 1.27. The quantitative estimate of drug-likeness (QED) is 0.472. The van der Waals surface area contributed by atoms with Crippen LogP contribution in [0, 0.1) is 0 Å². The Bertz CT molecular complexity index is 149. The normalized spacial score (nSPS) is 30.4. The molecular formula is C7H15N3O. The molecular weight excluding hydrogens is 142 g/mol. The Hall–Kier alpha value is -0.610. The smallest absolute Gasteiger partial charge is 0.216 e. The molecule has 64 valence electrons. The topological polar surface area (TPSA) is 67.2 Å². The van der Waals surface area contributed by atoms with E-state index in [1.165, 1.54) is 6.92 Å². The van der Waals surface area contributed by atoms with Gasteiger partial charge in [-0.3, -0.25) is 4.79 Å². The van der Waals surface area contributed by atoms with Crippen LogP contribution in [0.2, 0.25) is 0 Å². The molecule has 0 aromatic heterocycles. The zero-order valence-corrected chi connectivity index (χ0v) is 6.76. The van der Waals surface area contributed by atoms with Gasteiger partial charge in [-0.15, -0.1) is 0 Å². The van der Waals surface area contributed by atoms with Crippen LogP contribution in [0.3, 0.4) is 0 Å². The average molecular weight is 157 g/mol. The Morgan fingerprint density at radius 3 is 3.00 bits per heavy atom. The average Bonchev–Trinajstić information content (AvgIpc) is 2.31. The minimum absolute atomic E-state index is 0.0206. The molecule has 0 spiro atoms. The van der Waals surface area contributed by atoms with Crippen LogP contribution in [-0.2, 0) is 4.79 Å². The van der Waals surface area contributed by atoms with Gasteiger partial charge in [-0.05, 0) is 6.42 Å². The number of amides is 1. The Balaban J connectivity index is 2.13. The van der Waals surface area contributed by atoms with Crippen molar-refractivity contribution in [1.82, 2.24) is 10.6 Å². The summed E-state index contributed by atoms with van der Waals surface area (Å²) in [5.74, 6) is 0.0206. The van der Waals surface area contributed by atoms with Crippen LogP contribution < -0.4 is 16.4 Å². The molecule has 1 fully saturated rings. The second-order valence-electron chi connectivity index (χ2n) is 3.04. The molecule has 1 heterocycles. The standard InChI is InChI=1S/C7H15N3O/c1-5(11)9-4-7-2-6(8)3-10-7/h6-7,10H,2-4,8H2,1H3,(H,9,11)/t6-,7-/m0/s1. The number of nitrogens with one attached hydrogen (secondary N) is 2. The van der Waals surface area contributed by atoms with Gasteiger partial charge in [-0.1, -0.05) is 0 Å². The molecule has 0 aromatic rings. The van der Waals surface area contributed by atoms with E-state index in [2.05, 4.69) is 10.6 Å². The lowest BCUT2D eigenvalue weighted by atomic mass is 10.2. The lowest BCUT2D eigenvalue weighted by Gasteiger charge is -2.09. The van der Waals surface area contributed by atoms with Gasteiger partial charge in [0.05, 0.1) is 0 Å². The van der Waals surface area contributed by atoms with E-state index in [0.29, 0.717) is 12.6 Å². The Labute approximate surface area is 66.5 Å². The minimum Gasteiger partial charge on any atom is -0.355 e. The Morgan fingerprint density at radius 1 is 1.82 bits per heavy atom. The predicted molar refractivity (Wildman–Crippen MR) is 43.1 cm³/mol. The predicted octanol–water partition coefficient (Wildman–Crippen LogP) is -1.19. The van der Waals surface area contributed by atoms with Crippen molar-refractivity contribution < 1.29 is 4.79 Å². The highest BCUT2D eigenvalue weighted by atomic mass is 16.1. The molecule has 1 aliphatic heterocycles. The van der Waals surface area contributed by atoms with E-state index in [4.69, 9.17) is 5.73 Å². The van der Waals surface area contributed by atoms with Crippen molar-refractivity contribution in [1.29, 1.82) is 0 Å². The molecule has 1 rings (SSSR count). The highest BCUT2D eigenvalue weighted by molar-refractivity contribution is 5.72. The van der Waals surface area contributed by atoms with Crippen LogP contribution in [-0.4, -0.2) is 31.1 Å². The van der Waals surface area contributed by atoms with Crippen molar-refractivity contribution in [3.63, 3.8) is 0 Å². The summed E-state index contributed by atoms with van der Waals surface area (Å²) in [4.78, 5) is 10.5. The van der Waals surface area contributed by atoms with Crippen LogP contribution in [0.4, 0.5) is 0 Å². The molecule has 0 unspecified atom stereocenters. The highest BCUT2D eigenvalue weighted by Gasteiger charge is 2.20. The Morgan fingerprint density at radius 2 is 2.55 bits per heavy atom. The monoisotopic (exact) mass is 157 g/mol. The molecule has 4 nitrogen and oxygen atoms in total. The van der Waals surface area contributed by atoms with Gasteiger partial charge in [-0.25, -0.2) is 0 Å². The van der Waals surface area contributed by atoms with E-state index in [9.17, 15) is 4.79 Å². The molecule has 1 saturated heterocycles. The van der Waals surface area contributed by atoms with Gasteiger partial charge in [0.1, 0.15) is 0 Å². The molecule has 11 heavy (non-hydrogen) atoms. The second kappa shape index (κ2) is 3.69. The summed E-state index contributed by atoms with van der Waals surface area (Å²) in [5.41, 5.74) is 5.66. The van der Waals surface area contributed by atoms with Gasteiger partial charge in [0.2, 0.25) is 5.91 Å². The maximum Gasteiger partial charge on any atom is 0.216 e. The fraction of sp³-hybridized carbons (Fsp3) is 0.857. The second-order valence-corrected chi connectivity index (χ2v) is 3.04. The van der Waals surface area contributed by atoms with Gasteiger partial charge < -0.3 is 16.4 Å². The van der Waals surface area contributed by atoms with Gasteiger partial charge >= 0.3 is 0 Å². The third-order valence-electron chi connectivity index (χ3n) is 1.85. The van der Waals surface area contributed by atoms with Crippen LogP contribution in [0.15, 0.2) is 0 Å². The summed E-state index contributed by atoms with van der Waals surface area (Å²) in [5, 5.41) is 5.97. The van der Waals surface area contributed by atoms with Crippen molar-refractivity contribution in [3.05, 3.63) is 0 Å². The first-order valence-corrected chi connectivity index (χ1v) is 3.92. The zero-order chi connectivity index (χ0) is 8.27. The highest BCUT2D eigenvalue weighted by Crippen LogP contribution is 2.02. The number of rotatable bonds is 2. The molecule has 0 radical (unpaired) electrons. The minimum atomic E-state index is 0.0206. The number of carbonyl (C=O) groups excluding carboxylic acids is 1. The molecule has 4 heteroatoms. The molecule has 2 atom stereocenters. The van der Waals surface area contributed by atoms with E-state index in [1.54, 1.807) is 0 Å². The SMILES string of the molecule is CC(=O)NC[C@@H]1C[C@H](N)CN1. The van der Waals surface area contributed by atoms with E-state index >= 15 is 0 Å². The summed E-state index contributed by atoms with van der Waals surface area (Å²) in [6.07, 6.45) is 0.959. The molecule has 0 aliphatic carbocycles. The van der Waals surface area contributed by atoms with Gasteiger partial charge in [0.15, 0.2) is 0 Å². The maximum atomic E-state index is 10.5. The summed E-state index contributed by atoms with van der Waals surface area (Å²) in [6, 6.07) is 0.627. The number of hydrogen-bond acceptors (Lipinski definition) is 3. The van der Waals surface area contributed by atoms with Crippen molar-refractivity contribution >= 4 is 5.91 Å². The molecule has 1 amide bonds. The number of carbonyl (C=O) groups is 1. The van der Waals surface area contributed by atoms with Crippen LogP contribution in [0.25, 0.3) is 0 Å². The summed E-state index contributed by atoms with van der Waals surface area (Å²) < 4.78 is 0. The first-order valence-electron chi connectivity index (χ1n) is 3.92. The van der Waals surface area contributed by atoms with E-state index in [-0.39, 0.29) is 11.9 Å². The third kappa shape index (κ3) is 2.86. The zero-order valence-electron chi connectivity index (χ0n) is 6.76. The van der Waals surface area contributed by atoms with Gasteiger partial charge in [-0.2, -0.15) is 0 Å². The first kappa shape index (κ1) is 8.49. The van der Waals surface area contributed by atoms with Crippen molar-refractivity contribution in [2.75, 3.05) is 13.1 Å². The molecule has 4 N–H and O–H groups in total.